The summed E-state index contributed by atoms with van der Waals surface area (Å²) in [5, 5.41) is 6.20. The number of nitrogens with one attached hydrogen (secondary N) is 1. The van der Waals surface area contributed by atoms with Gasteiger partial charge in [-0.15, -0.1) is 11.3 Å². The highest BCUT2D eigenvalue weighted by Gasteiger charge is 2.14. The standard InChI is InChI=1S/C8H12N2S2/c1-3-9-4-2-7(1)12-8-10-5-6-11-8/h5-7,9H,1-4H2. The fourth-order valence-corrected chi connectivity index (χ4v) is 3.36. The number of hydrogen-bond donors (Lipinski definition) is 1. The van der Waals surface area contributed by atoms with Crippen molar-refractivity contribution >= 4 is 23.1 Å². The van der Waals surface area contributed by atoms with Crippen LogP contribution in [0.15, 0.2) is 15.9 Å². The van der Waals surface area contributed by atoms with Crippen molar-refractivity contribution in [3.63, 3.8) is 0 Å². The average molecular weight is 200 g/mol. The van der Waals surface area contributed by atoms with E-state index in [4.69, 9.17) is 0 Å². The number of thiazole rings is 1. The highest BCUT2D eigenvalue weighted by atomic mass is 32.2. The quantitative estimate of drug-likeness (QED) is 0.790. The van der Waals surface area contributed by atoms with Gasteiger partial charge >= 0.3 is 0 Å². The van der Waals surface area contributed by atoms with Crippen molar-refractivity contribution < 1.29 is 0 Å². The van der Waals surface area contributed by atoms with Crippen molar-refractivity contribution in [2.75, 3.05) is 13.1 Å². The van der Waals surface area contributed by atoms with Crippen molar-refractivity contribution in [1.82, 2.24) is 10.3 Å². The van der Waals surface area contributed by atoms with Crippen molar-refractivity contribution in [3.8, 4) is 0 Å². The first-order valence-electron chi connectivity index (χ1n) is 4.22. The predicted molar refractivity (Wildman–Crippen MR) is 53.9 cm³/mol. The van der Waals surface area contributed by atoms with E-state index in [9.17, 15) is 0 Å². The third-order valence-corrected chi connectivity index (χ3v) is 4.22. The van der Waals surface area contributed by atoms with Crippen molar-refractivity contribution in [2.24, 2.45) is 0 Å². The van der Waals surface area contributed by atoms with E-state index in [1.807, 2.05) is 23.3 Å². The summed E-state index contributed by atoms with van der Waals surface area (Å²) >= 11 is 3.69. The van der Waals surface area contributed by atoms with E-state index in [0.717, 1.165) is 5.25 Å². The molecule has 1 aromatic rings. The first kappa shape index (κ1) is 8.53. The molecule has 1 saturated heterocycles. The van der Waals surface area contributed by atoms with Crippen LogP contribution in [-0.4, -0.2) is 23.3 Å². The molecule has 0 spiro atoms. The molecular weight excluding hydrogens is 188 g/mol. The van der Waals surface area contributed by atoms with Crippen molar-refractivity contribution in [1.29, 1.82) is 0 Å². The lowest BCUT2D eigenvalue weighted by Crippen LogP contribution is -2.29. The summed E-state index contributed by atoms with van der Waals surface area (Å²) in [6, 6.07) is 0. The summed E-state index contributed by atoms with van der Waals surface area (Å²) in [6.07, 6.45) is 4.45. The lowest BCUT2D eigenvalue weighted by molar-refractivity contribution is 0.531. The lowest BCUT2D eigenvalue weighted by Gasteiger charge is -2.20. The Kier molecular flexibility index (Phi) is 3.03. The van der Waals surface area contributed by atoms with Crippen LogP contribution < -0.4 is 5.32 Å². The normalized spacial score (nSPS) is 19.7. The van der Waals surface area contributed by atoms with Gasteiger partial charge in [0.2, 0.25) is 0 Å². The SMILES string of the molecule is c1csc(SC2CCNCC2)n1. The number of piperidine rings is 1. The van der Waals surface area contributed by atoms with Gasteiger partial charge in [-0.05, 0) is 25.9 Å². The Hall–Kier alpha value is -0.0600. The number of hydrogen-bond acceptors (Lipinski definition) is 4. The molecule has 2 heterocycles. The summed E-state index contributed by atoms with van der Waals surface area (Å²) < 4.78 is 1.22. The Labute approximate surface area is 80.8 Å². The van der Waals surface area contributed by atoms with Gasteiger partial charge in [0.15, 0.2) is 0 Å². The fourth-order valence-electron chi connectivity index (χ4n) is 1.32. The van der Waals surface area contributed by atoms with Crippen LogP contribution in [0, 0.1) is 0 Å². The first-order valence-corrected chi connectivity index (χ1v) is 5.98. The molecule has 0 saturated carbocycles. The maximum atomic E-state index is 4.27. The topological polar surface area (TPSA) is 24.9 Å². The maximum Gasteiger partial charge on any atom is 0.150 e. The monoisotopic (exact) mass is 200 g/mol. The lowest BCUT2D eigenvalue weighted by atomic mass is 10.2. The molecule has 0 unspecified atom stereocenters. The van der Waals surface area contributed by atoms with Gasteiger partial charge in [0.25, 0.3) is 0 Å². The van der Waals surface area contributed by atoms with Crippen LogP contribution in [0.1, 0.15) is 12.8 Å². The molecule has 0 aromatic carbocycles. The van der Waals surface area contributed by atoms with Gasteiger partial charge in [0.05, 0.1) is 0 Å². The molecular formula is C8H12N2S2. The molecule has 2 rings (SSSR count). The third-order valence-electron chi connectivity index (χ3n) is 1.96. The Morgan fingerprint density at radius 3 is 3.00 bits per heavy atom. The van der Waals surface area contributed by atoms with Crippen LogP contribution >= 0.6 is 23.1 Å². The Bertz CT molecular complexity index is 217. The second-order valence-electron chi connectivity index (χ2n) is 2.87. The molecule has 0 amide bonds. The second kappa shape index (κ2) is 4.25. The van der Waals surface area contributed by atoms with Crippen LogP contribution in [0.5, 0.6) is 0 Å². The predicted octanol–water partition coefficient (Wildman–Crippen LogP) is 1.99. The summed E-state index contributed by atoms with van der Waals surface area (Å²) in [4.78, 5) is 4.27. The third kappa shape index (κ3) is 2.21. The molecule has 4 heteroatoms. The van der Waals surface area contributed by atoms with Gasteiger partial charge in [-0.25, -0.2) is 4.98 Å². The number of thioether (sulfide) groups is 1. The van der Waals surface area contributed by atoms with Crippen LogP contribution in [0.3, 0.4) is 0 Å². The molecule has 2 nitrogen and oxygen atoms in total. The van der Waals surface area contributed by atoms with Gasteiger partial charge in [-0.2, -0.15) is 0 Å². The van der Waals surface area contributed by atoms with Crippen molar-refractivity contribution in [3.05, 3.63) is 11.6 Å². The smallest absolute Gasteiger partial charge is 0.150 e. The van der Waals surface area contributed by atoms with E-state index in [2.05, 4.69) is 10.3 Å². The van der Waals surface area contributed by atoms with Gasteiger partial charge in [0, 0.05) is 16.8 Å². The van der Waals surface area contributed by atoms with E-state index >= 15 is 0 Å². The molecule has 0 radical (unpaired) electrons. The molecule has 1 aliphatic rings. The van der Waals surface area contributed by atoms with Gasteiger partial charge < -0.3 is 5.32 Å². The number of nitrogens with zero attached hydrogens (tertiary/aromatic N) is 1. The summed E-state index contributed by atoms with van der Waals surface area (Å²) in [5.74, 6) is 0. The Balaban J connectivity index is 1.86. The molecule has 0 aliphatic carbocycles. The van der Waals surface area contributed by atoms with E-state index in [1.165, 1.54) is 30.3 Å². The van der Waals surface area contributed by atoms with Gasteiger partial charge in [0.1, 0.15) is 4.34 Å². The molecule has 1 aromatic heterocycles. The van der Waals surface area contributed by atoms with Crippen LogP contribution in [0.2, 0.25) is 0 Å². The van der Waals surface area contributed by atoms with E-state index in [1.54, 1.807) is 11.3 Å². The van der Waals surface area contributed by atoms with E-state index in [-0.39, 0.29) is 0 Å². The van der Waals surface area contributed by atoms with Crippen LogP contribution in [0.4, 0.5) is 0 Å². The second-order valence-corrected chi connectivity index (χ2v) is 5.31. The number of aromatic nitrogens is 1. The van der Waals surface area contributed by atoms with Crippen molar-refractivity contribution in [2.45, 2.75) is 22.4 Å². The molecule has 66 valence electrons. The molecule has 1 aliphatic heterocycles. The van der Waals surface area contributed by atoms with Gasteiger partial charge in [-0.1, -0.05) is 11.8 Å². The van der Waals surface area contributed by atoms with E-state index in [0.29, 0.717) is 0 Å². The first-order chi connectivity index (χ1) is 5.95. The molecule has 0 bridgehead atoms. The largest absolute Gasteiger partial charge is 0.317 e. The van der Waals surface area contributed by atoms with Crippen LogP contribution in [-0.2, 0) is 0 Å². The molecule has 12 heavy (non-hydrogen) atoms. The average Bonchev–Trinajstić information content (AvgIpc) is 2.59. The summed E-state index contributed by atoms with van der Waals surface area (Å²) in [5.41, 5.74) is 0. The zero-order valence-corrected chi connectivity index (χ0v) is 8.46. The zero-order valence-electron chi connectivity index (χ0n) is 6.82. The minimum atomic E-state index is 0.789. The fraction of sp³-hybridized carbons (Fsp3) is 0.625. The maximum absolute atomic E-state index is 4.27. The Morgan fingerprint density at radius 1 is 1.50 bits per heavy atom. The molecule has 1 N–H and O–H groups in total. The molecule has 1 fully saturated rings. The highest BCUT2D eigenvalue weighted by molar-refractivity contribution is 8.01. The number of rotatable bonds is 2. The summed E-state index contributed by atoms with van der Waals surface area (Å²) in [6.45, 7) is 2.34. The molecule has 0 atom stereocenters. The van der Waals surface area contributed by atoms with Crippen LogP contribution in [0.25, 0.3) is 0 Å². The van der Waals surface area contributed by atoms with E-state index < -0.39 is 0 Å². The minimum absolute atomic E-state index is 0.789. The highest BCUT2D eigenvalue weighted by Crippen LogP contribution is 2.29. The van der Waals surface area contributed by atoms with Gasteiger partial charge in [-0.3, -0.25) is 0 Å². The zero-order chi connectivity index (χ0) is 8.23. The minimum Gasteiger partial charge on any atom is -0.317 e. The Morgan fingerprint density at radius 2 is 2.33 bits per heavy atom. The summed E-state index contributed by atoms with van der Waals surface area (Å²) in [7, 11) is 0.